The van der Waals surface area contributed by atoms with E-state index in [4.69, 9.17) is 11.6 Å². The molecule has 5 rings (SSSR count). The second kappa shape index (κ2) is 10.7. The molecule has 3 N–H and O–H groups in total. The van der Waals surface area contributed by atoms with Crippen molar-refractivity contribution >= 4 is 47.2 Å². The standard InChI is InChI=1S/C28H35ClN5O2P/c1-18-4-11-25(26(14-18)37(2,3)36)32-27-24(29)16-30-28(33-27)31-21-8-5-19-6-9-22(10-7-20(19)15-21)34-13-12-23(35)17-34/h4-5,8,11,14-16,22-23,35H,6-7,9-10,12-13,17H2,1-3H3,(H2,30,31,32,33)/t22-,23+/m0/s1. The van der Waals surface area contributed by atoms with Crippen LogP contribution in [0.15, 0.2) is 42.6 Å². The molecule has 7 nitrogen and oxygen atoms in total. The molecule has 1 aliphatic heterocycles. The Kier molecular flexibility index (Phi) is 7.60. The van der Waals surface area contributed by atoms with Crippen LogP contribution >= 0.6 is 18.7 Å². The molecule has 1 aliphatic carbocycles. The molecular formula is C28H35ClN5O2P. The molecule has 0 unspecified atom stereocenters. The van der Waals surface area contributed by atoms with E-state index in [2.05, 4.69) is 43.7 Å². The van der Waals surface area contributed by atoms with Crippen molar-refractivity contribution in [2.75, 3.05) is 37.1 Å². The molecule has 9 heteroatoms. The fraction of sp³-hybridized carbons (Fsp3) is 0.429. The summed E-state index contributed by atoms with van der Waals surface area (Å²) in [7, 11) is -2.51. The Bertz CT molecular complexity index is 1340. The zero-order valence-electron chi connectivity index (χ0n) is 21.7. The minimum absolute atomic E-state index is 0.175. The molecule has 196 valence electrons. The monoisotopic (exact) mass is 539 g/mol. The van der Waals surface area contributed by atoms with Crippen molar-refractivity contribution in [1.29, 1.82) is 0 Å². The van der Waals surface area contributed by atoms with Crippen LogP contribution in [0.4, 0.5) is 23.1 Å². The maximum absolute atomic E-state index is 12.9. The summed E-state index contributed by atoms with van der Waals surface area (Å²) in [6.07, 6.45) is 6.58. The third kappa shape index (κ3) is 6.18. The van der Waals surface area contributed by atoms with Crippen LogP contribution in [0.3, 0.4) is 0 Å². The van der Waals surface area contributed by atoms with Gasteiger partial charge in [-0.25, -0.2) is 4.98 Å². The van der Waals surface area contributed by atoms with Gasteiger partial charge in [0, 0.05) is 30.1 Å². The van der Waals surface area contributed by atoms with E-state index < -0.39 is 7.14 Å². The lowest BCUT2D eigenvalue weighted by atomic mass is 10.0. The number of hydrogen-bond acceptors (Lipinski definition) is 7. The smallest absolute Gasteiger partial charge is 0.229 e. The first-order valence-electron chi connectivity index (χ1n) is 12.9. The van der Waals surface area contributed by atoms with Gasteiger partial charge in [0.2, 0.25) is 5.95 Å². The zero-order chi connectivity index (χ0) is 26.2. The van der Waals surface area contributed by atoms with Crippen LogP contribution in [0.2, 0.25) is 5.02 Å². The number of benzene rings is 2. The molecule has 3 aromatic rings. The minimum atomic E-state index is -2.51. The average molecular weight is 540 g/mol. The average Bonchev–Trinajstić information content (AvgIpc) is 3.17. The van der Waals surface area contributed by atoms with Crippen LogP contribution in [-0.4, -0.2) is 58.5 Å². The number of aromatic nitrogens is 2. The summed E-state index contributed by atoms with van der Waals surface area (Å²) in [6.45, 7) is 7.31. The zero-order valence-corrected chi connectivity index (χ0v) is 23.3. The predicted molar refractivity (Wildman–Crippen MR) is 153 cm³/mol. The molecule has 1 fully saturated rings. The Morgan fingerprint density at radius 1 is 1.05 bits per heavy atom. The van der Waals surface area contributed by atoms with Crippen LogP contribution in [-0.2, 0) is 17.4 Å². The third-order valence-corrected chi connectivity index (χ3v) is 9.20. The van der Waals surface area contributed by atoms with Crippen LogP contribution < -0.4 is 15.9 Å². The van der Waals surface area contributed by atoms with E-state index in [-0.39, 0.29) is 6.10 Å². The third-order valence-electron chi connectivity index (χ3n) is 7.40. The second-order valence-electron chi connectivity index (χ2n) is 10.7. The van der Waals surface area contributed by atoms with Gasteiger partial charge in [-0.2, -0.15) is 4.98 Å². The Balaban J connectivity index is 1.32. The maximum atomic E-state index is 12.9. The number of hydrogen-bond donors (Lipinski definition) is 3. The summed E-state index contributed by atoms with van der Waals surface area (Å²) in [5.41, 5.74) is 5.46. The van der Waals surface area contributed by atoms with Crippen LogP contribution in [0.25, 0.3) is 0 Å². The van der Waals surface area contributed by atoms with Gasteiger partial charge in [0.05, 0.1) is 18.0 Å². The van der Waals surface area contributed by atoms with Gasteiger partial charge in [-0.15, -0.1) is 0 Å². The molecule has 2 aromatic carbocycles. The van der Waals surface area contributed by atoms with Crippen molar-refractivity contribution in [3.63, 3.8) is 0 Å². The van der Waals surface area contributed by atoms with E-state index >= 15 is 0 Å². The van der Waals surface area contributed by atoms with Crippen LogP contribution in [0.1, 0.15) is 36.0 Å². The van der Waals surface area contributed by atoms with E-state index in [0.717, 1.165) is 67.4 Å². The van der Waals surface area contributed by atoms with Crippen LogP contribution in [0.5, 0.6) is 0 Å². The number of β-amino-alcohol motifs (C(OH)–C–C–N with tert-alkyl or cyclic N) is 1. The predicted octanol–water partition coefficient (Wildman–Crippen LogP) is 5.49. The van der Waals surface area contributed by atoms with Gasteiger partial charge in [-0.05, 0) is 87.7 Å². The fourth-order valence-electron chi connectivity index (χ4n) is 5.40. The molecule has 0 saturated carbocycles. The van der Waals surface area contributed by atoms with E-state index in [1.807, 2.05) is 25.1 Å². The topological polar surface area (TPSA) is 90.4 Å². The molecule has 0 amide bonds. The number of aliphatic hydroxyl groups is 1. The molecule has 37 heavy (non-hydrogen) atoms. The number of nitrogens with one attached hydrogen (secondary N) is 2. The lowest BCUT2D eigenvalue weighted by Crippen LogP contribution is -2.34. The van der Waals surface area contributed by atoms with Gasteiger partial charge in [-0.1, -0.05) is 29.3 Å². The highest BCUT2D eigenvalue weighted by molar-refractivity contribution is 7.70. The first-order valence-corrected chi connectivity index (χ1v) is 15.9. The number of halogens is 1. The summed E-state index contributed by atoms with van der Waals surface area (Å²) >= 11 is 6.43. The Morgan fingerprint density at radius 2 is 1.84 bits per heavy atom. The minimum Gasteiger partial charge on any atom is -0.392 e. The Labute approximate surface area is 224 Å². The van der Waals surface area contributed by atoms with Gasteiger partial charge in [0.15, 0.2) is 5.82 Å². The quantitative estimate of drug-likeness (QED) is 0.282. The molecule has 2 aliphatic rings. The summed E-state index contributed by atoms with van der Waals surface area (Å²) in [6, 6.07) is 12.8. The number of fused-ring (bicyclic) bond motifs is 1. The number of anilines is 4. The van der Waals surface area contributed by atoms with E-state index in [1.165, 1.54) is 11.1 Å². The Morgan fingerprint density at radius 3 is 2.57 bits per heavy atom. The lowest BCUT2D eigenvalue weighted by Gasteiger charge is -2.26. The van der Waals surface area contributed by atoms with Crippen molar-refractivity contribution < 1.29 is 9.67 Å². The van der Waals surface area contributed by atoms with Gasteiger partial charge < -0.3 is 20.3 Å². The molecule has 1 saturated heterocycles. The van der Waals surface area contributed by atoms with Gasteiger partial charge >= 0.3 is 0 Å². The molecule has 2 atom stereocenters. The molecular weight excluding hydrogens is 505 g/mol. The van der Waals surface area contributed by atoms with Crippen molar-refractivity contribution in [2.45, 2.75) is 51.2 Å². The summed E-state index contributed by atoms with van der Waals surface area (Å²) < 4.78 is 12.9. The summed E-state index contributed by atoms with van der Waals surface area (Å²) in [4.78, 5) is 11.5. The van der Waals surface area contributed by atoms with E-state index in [9.17, 15) is 9.67 Å². The number of nitrogens with zero attached hydrogens (tertiary/aromatic N) is 3. The Hall–Kier alpha value is -2.44. The van der Waals surface area contributed by atoms with Gasteiger partial charge in [0.25, 0.3) is 0 Å². The summed E-state index contributed by atoms with van der Waals surface area (Å²) in [5.74, 6) is 0.900. The number of rotatable bonds is 6. The number of likely N-dealkylation sites (tertiary alicyclic amines) is 1. The van der Waals surface area contributed by atoms with Crippen molar-refractivity contribution in [3.05, 3.63) is 64.3 Å². The molecule has 0 radical (unpaired) electrons. The highest BCUT2D eigenvalue weighted by Crippen LogP contribution is 2.39. The largest absolute Gasteiger partial charge is 0.392 e. The van der Waals surface area contributed by atoms with E-state index in [1.54, 1.807) is 19.5 Å². The van der Waals surface area contributed by atoms with Gasteiger partial charge in [-0.3, -0.25) is 4.90 Å². The highest BCUT2D eigenvalue weighted by Gasteiger charge is 2.28. The second-order valence-corrected chi connectivity index (χ2v) is 14.3. The normalized spacial score (nSPS) is 20.4. The lowest BCUT2D eigenvalue weighted by molar-refractivity contribution is 0.153. The first kappa shape index (κ1) is 26.2. The first-order chi connectivity index (χ1) is 17.7. The molecule has 0 spiro atoms. The highest BCUT2D eigenvalue weighted by atomic mass is 35.5. The fourth-order valence-corrected chi connectivity index (χ4v) is 6.76. The number of aryl methyl sites for hydroxylation is 3. The summed E-state index contributed by atoms with van der Waals surface area (Å²) in [5, 5.41) is 17.7. The molecule has 0 bridgehead atoms. The van der Waals surface area contributed by atoms with Gasteiger partial charge in [0.1, 0.15) is 12.2 Å². The SMILES string of the molecule is Cc1ccc(Nc2nc(Nc3ccc4c(c3)CC[C@@H](N3CC[C@@H](O)C3)CC4)ncc2Cl)c(P(C)(C)=O)c1. The molecule has 1 aromatic heterocycles. The molecule has 2 heterocycles. The van der Waals surface area contributed by atoms with Crippen LogP contribution in [0, 0.1) is 6.92 Å². The van der Waals surface area contributed by atoms with E-state index in [0.29, 0.717) is 22.8 Å². The maximum Gasteiger partial charge on any atom is 0.229 e. The number of aliphatic hydroxyl groups excluding tert-OH is 1. The van der Waals surface area contributed by atoms with Crippen molar-refractivity contribution in [2.24, 2.45) is 0 Å². The van der Waals surface area contributed by atoms with Crippen molar-refractivity contribution in [1.82, 2.24) is 14.9 Å². The van der Waals surface area contributed by atoms with Crippen molar-refractivity contribution in [3.8, 4) is 0 Å².